The Labute approximate surface area is 221 Å². The topological polar surface area (TPSA) is 116 Å². The fourth-order valence-electron chi connectivity index (χ4n) is 5.12. The summed E-state index contributed by atoms with van der Waals surface area (Å²) in [7, 11) is 0. The third-order valence-electron chi connectivity index (χ3n) is 7.75. The van der Waals surface area contributed by atoms with Gasteiger partial charge in [-0.2, -0.15) is 13.2 Å². The number of ketones is 1. The zero-order valence-electron chi connectivity index (χ0n) is 22.7. The van der Waals surface area contributed by atoms with E-state index in [0.717, 1.165) is 19.3 Å². The van der Waals surface area contributed by atoms with Crippen molar-refractivity contribution in [3.63, 3.8) is 0 Å². The van der Waals surface area contributed by atoms with E-state index in [0.29, 0.717) is 25.9 Å². The molecule has 4 amide bonds. The molecule has 1 unspecified atom stereocenters. The molecule has 9 nitrogen and oxygen atoms in total. The van der Waals surface area contributed by atoms with Gasteiger partial charge in [0.1, 0.15) is 12.1 Å². The number of hydrogen-bond acceptors (Lipinski definition) is 5. The van der Waals surface area contributed by atoms with Crippen molar-refractivity contribution in [1.29, 1.82) is 0 Å². The second kappa shape index (κ2) is 11.2. The molecule has 0 aromatic heterocycles. The maximum atomic E-state index is 13.7. The van der Waals surface area contributed by atoms with E-state index in [2.05, 4.69) is 5.32 Å². The molecule has 0 radical (unpaired) electrons. The third kappa shape index (κ3) is 6.85. The molecule has 0 aromatic rings. The van der Waals surface area contributed by atoms with Crippen LogP contribution in [0.25, 0.3) is 0 Å². The Hall–Kier alpha value is -2.66. The molecule has 3 rings (SSSR count). The van der Waals surface area contributed by atoms with Crippen LogP contribution in [0.4, 0.5) is 13.2 Å². The van der Waals surface area contributed by atoms with Crippen LogP contribution in [-0.2, 0) is 24.0 Å². The molecule has 2 saturated heterocycles. The fourth-order valence-corrected chi connectivity index (χ4v) is 5.12. The van der Waals surface area contributed by atoms with Gasteiger partial charge >= 0.3 is 12.1 Å². The number of alkyl halides is 3. The molecule has 1 aliphatic carbocycles. The molecular formula is C26H39F3N4O5. The first-order chi connectivity index (χ1) is 17.5. The highest BCUT2D eigenvalue weighted by Crippen LogP contribution is 2.36. The smallest absolute Gasteiger partial charge is 0.344 e. The molecule has 0 bridgehead atoms. The number of hydrogen-bond donors (Lipinski definition) is 2. The summed E-state index contributed by atoms with van der Waals surface area (Å²) in [6.07, 6.45) is -1.82. The van der Waals surface area contributed by atoms with Gasteiger partial charge in [0.2, 0.25) is 17.6 Å². The molecule has 0 aromatic carbocycles. The maximum Gasteiger partial charge on any atom is 0.471 e. The Morgan fingerprint density at radius 3 is 1.97 bits per heavy atom. The summed E-state index contributed by atoms with van der Waals surface area (Å²) in [4.78, 5) is 67.4. The molecule has 4 atom stereocenters. The van der Waals surface area contributed by atoms with Gasteiger partial charge in [0.15, 0.2) is 0 Å². The fraction of sp³-hybridized carbons (Fsp3) is 0.808. The normalized spacial score (nSPS) is 23.5. The van der Waals surface area contributed by atoms with Crippen molar-refractivity contribution in [2.45, 2.75) is 91.0 Å². The van der Waals surface area contributed by atoms with E-state index >= 15 is 0 Å². The van der Waals surface area contributed by atoms with Gasteiger partial charge in [0, 0.05) is 19.6 Å². The average molecular weight is 545 g/mol. The van der Waals surface area contributed by atoms with Gasteiger partial charge in [-0.3, -0.25) is 24.0 Å². The van der Waals surface area contributed by atoms with Gasteiger partial charge in [-0.25, -0.2) is 0 Å². The number of Topliss-reactive ketones (excluding diaryl/α,β-unsaturated/α-hetero) is 1. The van der Waals surface area contributed by atoms with Gasteiger partial charge in [0.25, 0.3) is 5.91 Å². The Morgan fingerprint density at radius 1 is 0.921 bits per heavy atom. The maximum absolute atomic E-state index is 13.7. The van der Waals surface area contributed by atoms with Crippen LogP contribution in [0.1, 0.15) is 66.7 Å². The number of likely N-dealkylation sites (tertiary alicyclic amines) is 2. The van der Waals surface area contributed by atoms with Gasteiger partial charge in [-0.1, -0.05) is 47.5 Å². The Morgan fingerprint density at radius 2 is 1.53 bits per heavy atom. The van der Waals surface area contributed by atoms with Crippen molar-refractivity contribution in [1.82, 2.24) is 20.4 Å². The van der Waals surface area contributed by atoms with Crippen LogP contribution in [0.2, 0.25) is 0 Å². The van der Waals surface area contributed by atoms with Crippen LogP contribution in [0.3, 0.4) is 0 Å². The summed E-state index contributed by atoms with van der Waals surface area (Å²) in [6, 6.07) is -3.62. The molecule has 3 fully saturated rings. The highest BCUT2D eigenvalue weighted by Gasteiger charge is 2.50. The van der Waals surface area contributed by atoms with Crippen LogP contribution in [-0.4, -0.2) is 83.1 Å². The predicted octanol–water partition coefficient (Wildman–Crippen LogP) is 2.04. The van der Waals surface area contributed by atoms with Gasteiger partial charge in [-0.15, -0.1) is 0 Å². The second-order valence-corrected chi connectivity index (χ2v) is 12.2. The number of halogens is 3. The lowest BCUT2D eigenvalue weighted by Crippen LogP contribution is -2.61. The SMILES string of the molecule is CC(C)[C@H]1CCN(C(=O)[C@@H](NC(=O)C(F)(F)F)C(C)(C)C)[C@@H]1C(=O)NC(CC1CC1)C(=O)C(=O)N1CCC1. The van der Waals surface area contributed by atoms with E-state index in [4.69, 9.17) is 0 Å². The number of nitrogens with one attached hydrogen (secondary N) is 2. The third-order valence-corrected chi connectivity index (χ3v) is 7.75. The number of nitrogens with zero attached hydrogens (tertiary/aromatic N) is 2. The number of amides is 4. The minimum absolute atomic E-state index is 0.0540. The quantitative estimate of drug-likeness (QED) is 0.431. The molecule has 2 heterocycles. The molecule has 12 heteroatoms. The van der Waals surface area contributed by atoms with Crippen LogP contribution in [0.5, 0.6) is 0 Å². The molecule has 2 aliphatic heterocycles. The zero-order valence-corrected chi connectivity index (χ0v) is 22.7. The molecular weight excluding hydrogens is 505 g/mol. The second-order valence-electron chi connectivity index (χ2n) is 12.2. The standard InChI is InChI=1S/C26H39F3N4O5/c1-14(2)16-9-12-33(23(37)20(25(3,4)5)31-24(38)26(27,28)29)18(16)21(35)30-17(13-15-7-8-15)19(34)22(36)32-10-6-11-32/h14-18,20H,6-13H2,1-5H3,(H,30,35)(H,31,38)/t16-,17?,18+,20-/m1/s1. The van der Waals surface area contributed by atoms with Crippen molar-refractivity contribution in [2.75, 3.05) is 19.6 Å². The van der Waals surface area contributed by atoms with Crippen LogP contribution in [0, 0.1) is 23.2 Å². The summed E-state index contributed by atoms with van der Waals surface area (Å²) >= 11 is 0. The van der Waals surface area contributed by atoms with E-state index in [1.807, 2.05) is 19.2 Å². The predicted molar refractivity (Wildman–Crippen MR) is 131 cm³/mol. The number of rotatable bonds is 9. The monoisotopic (exact) mass is 544 g/mol. The van der Waals surface area contributed by atoms with E-state index in [1.165, 1.54) is 30.6 Å². The molecule has 38 heavy (non-hydrogen) atoms. The molecule has 2 N–H and O–H groups in total. The van der Waals surface area contributed by atoms with Crippen LogP contribution in [0.15, 0.2) is 0 Å². The van der Waals surface area contributed by atoms with E-state index in [1.54, 1.807) is 0 Å². The van der Waals surface area contributed by atoms with Crippen LogP contribution < -0.4 is 10.6 Å². The van der Waals surface area contributed by atoms with Crippen molar-refractivity contribution >= 4 is 29.4 Å². The van der Waals surface area contributed by atoms with E-state index in [9.17, 15) is 37.1 Å². The minimum Gasteiger partial charge on any atom is -0.344 e. The highest BCUT2D eigenvalue weighted by atomic mass is 19.4. The lowest BCUT2D eigenvalue weighted by molar-refractivity contribution is -0.176. The highest BCUT2D eigenvalue weighted by molar-refractivity contribution is 6.38. The summed E-state index contributed by atoms with van der Waals surface area (Å²) in [5, 5.41) is 4.55. The zero-order chi connectivity index (χ0) is 28.6. The number of carbonyl (C=O) groups excluding carboxylic acids is 5. The number of carbonyl (C=O) groups is 5. The van der Waals surface area contributed by atoms with Crippen LogP contribution >= 0.6 is 0 Å². The van der Waals surface area contributed by atoms with Gasteiger partial charge in [0.05, 0.1) is 6.04 Å². The average Bonchev–Trinajstić information content (AvgIpc) is 3.46. The van der Waals surface area contributed by atoms with Crippen molar-refractivity contribution in [3.8, 4) is 0 Å². The minimum atomic E-state index is -5.18. The molecule has 3 aliphatic rings. The first kappa shape index (κ1) is 29.9. The Kier molecular flexibility index (Phi) is 8.82. The lowest BCUT2D eigenvalue weighted by atomic mass is 9.84. The summed E-state index contributed by atoms with van der Waals surface area (Å²) in [5.74, 6) is -5.11. The van der Waals surface area contributed by atoms with Gasteiger partial charge < -0.3 is 20.4 Å². The summed E-state index contributed by atoms with van der Waals surface area (Å²) < 4.78 is 39.1. The lowest BCUT2D eigenvalue weighted by Gasteiger charge is -2.37. The van der Waals surface area contributed by atoms with Gasteiger partial charge in [-0.05, 0) is 42.4 Å². The molecule has 0 spiro atoms. The first-order valence-corrected chi connectivity index (χ1v) is 13.3. The Bertz CT molecular complexity index is 954. The largest absolute Gasteiger partial charge is 0.471 e. The van der Waals surface area contributed by atoms with Crippen molar-refractivity contribution < 1.29 is 37.1 Å². The molecule has 214 valence electrons. The summed E-state index contributed by atoms with van der Waals surface area (Å²) in [5.41, 5.74) is -1.08. The molecule has 1 saturated carbocycles. The van der Waals surface area contributed by atoms with Crippen molar-refractivity contribution in [2.24, 2.45) is 23.2 Å². The van der Waals surface area contributed by atoms with E-state index < -0.39 is 59.1 Å². The van der Waals surface area contributed by atoms with Crippen molar-refractivity contribution in [3.05, 3.63) is 0 Å². The van der Waals surface area contributed by atoms with E-state index in [-0.39, 0.29) is 24.3 Å². The summed E-state index contributed by atoms with van der Waals surface area (Å²) in [6.45, 7) is 9.45. The Balaban J connectivity index is 1.84. The first-order valence-electron chi connectivity index (χ1n) is 13.3.